The van der Waals surface area contributed by atoms with Crippen LogP contribution in [-0.2, 0) is 12.8 Å². The van der Waals surface area contributed by atoms with Gasteiger partial charge >= 0.3 is 0 Å². The number of aryl methyl sites for hydroxylation is 3. The Morgan fingerprint density at radius 3 is 2.88 bits per heavy atom. The monoisotopic (exact) mass is 536 g/mol. The van der Waals surface area contributed by atoms with E-state index in [2.05, 4.69) is 26.5 Å². The highest BCUT2D eigenvalue weighted by molar-refractivity contribution is 9.10. The highest BCUT2D eigenvalue weighted by Gasteiger charge is 2.22. The van der Waals surface area contributed by atoms with Crippen LogP contribution in [0.3, 0.4) is 0 Å². The molecule has 2 N–H and O–H groups in total. The molecule has 2 aromatic carbocycles. The van der Waals surface area contributed by atoms with Gasteiger partial charge in [0.1, 0.15) is 16.4 Å². The first-order chi connectivity index (χ1) is 16.4. The van der Waals surface area contributed by atoms with E-state index in [0.717, 1.165) is 36.1 Å². The summed E-state index contributed by atoms with van der Waals surface area (Å²) in [6.45, 7) is 1.81. The minimum atomic E-state index is -0.399. The van der Waals surface area contributed by atoms with Gasteiger partial charge in [0.2, 0.25) is 0 Å². The van der Waals surface area contributed by atoms with E-state index in [4.69, 9.17) is 4.98 Å². The third-order valence-electron chi connectivity index (χ3n) is 5.87. The highest BCUT2D eigenvalue weighted by atomic mass is 79.9. The maximum absolute atomic E-state index is 13.5. The Labute approximate surface area is 207 Å². The molecule has 0 radical (unpaired) electrons. The van der Waals surface area contributed by atoms with E-state index in [1.807, 2.05) is 6.92 Å². The lowest BCUT2D eigenvalue weighted by molar-refractivity contribution is 0.0955. The molecule has 172 valence electrons. The molecule has 34 heavy (non-hydrogen) atoms. The zero-order valence-electron chi connectivity index (χ0n) is 18.3. The number of hydrogen-bond donors (Lipinski definition) is 2. The molecule has 0 aliphatic heterocycles. The number of carbonyl (C=O) groups is 1. The SMILES string of the molecule is Cc1nc2sc3c(c2c(=O)n1-c1cccc(C(=O)N/N=C/c2ccc(O)c(Br)c2)c1)CCCC3. The number of fused-ring (bicyclic) bond motifs is 3. The number of aromatic hydroxyl groups is 1. The Bertz CT molecular complexity index is 1520. The molecule has 0 unspecified atom stereocenters. The van der Waals surface area contributed by atoms with Crippen LogP contribution in [0.2, 0.25) is 0 Å². The molecule has 0 atom stereocenters. The van der Waals surface area contributed by atoms with Crippen molar-refractivity contribution in [1.82, 2.24) is 15.0 Å². The van der Waals surface area contributed by atoms with E-state index in [1.165, 1.54) is 17.2 Å². The van der Waals surface area contributed by atoms with Crippen LogP contribution in [0, 0.1) is 6.92 Å². The van der Waals surface area contributed by atoms with Crippen molar-refractivity contribution >= 4 is 49.6 Å². The highest BCUT2D eigenvalue weighted by Crippen LogP contribution is 2.34. The molecule has 7 nitrogen and oxygen atoms in total. The van der Waals surface area contributed by atoms with Crippen molar-refractivity contribution in [2.75, 3.05) is 0 Å². The largest absolute Gasteiger partial charge is 0.507 e. The first kappa shape index (κ1) is 22.5. The maximum Gasteiger partial charge on any atom is 0.271 e. The quantitative estimate of drug-likeness (QED) is 0.287. The molecule has 0 saturated carbocycles. The molecule has 0 bridgehead atoms. The lowest BCUT2D eigenvalue weighted by Gasteiger charge is -2.12. The van der Waals surface area contributed by atoms with Crippen molar-refractivity contribution in [2.45, 2.75) is 32.6 Å². The fraction of sp³-hybridized carbons (Fsp3) is 0.200. The van der Waals surface area contributed by atoms with Crippen LogP contribution in [-0.4, -0.2) is 26.8 Å². The van der Waals surface area contributed by atoms with Gasteiger partial charge < -0.3 is 5.11 Å². The predicted octanol–water partition coefficient (Wildman–Crippen LogP) is 4.87. The number of halogens is 1. The number of nitrogens with one attached hydrogen (secondary N) is 1. The van der Waals surface area contributed by atoms with E-state index in [0.29, 0.717) is 32.5 Å². The smallest absolute Gasteiger partial charge is 0.271 e. The molecule has 0 fully saturated rings. The summed E-state index contributed by atoms with van der Waals surface area (Å²) in [5.41, 5.74) is 5.23. The molecule has 0 saturated heterocycles. The number of benzene rings is 2. The van der Waals surface area contributed by atoms with Crippen molar-refractivity contribution in [3.05, 3.63) is 84.7 Å². The standard InChI is InChI=1S/C25H21BrN4O3S/c1-14-28-24-22(18-7-2-3-8-21(18)34-24)25(33)30(14)17-6-4-5-16(12-17)23(32)29-27-13-15-9-10-20(31)19(26)11-15/h4-6,9-13,31H,2-3,7-8H2,1H3,(H,29,32)/b27-13+. The first-order valence-electron chi connectivity index (χ1n) is 10.9. The molecule has 2 heterocycles. The van der Waals surface area contributed by atoms with Gasteiger partial charge in [-0.1, -0.05) is 6.07 Å². The van der Waals surface area contributed by atoms with Gasteiger partial charge in [-0.25, -0.2) is 10.4 Å². The summed E-state index contributed by atoms with van der Waals surface area (Å²) in [6.07, 6.45) is 5.64. The second-order valence-electron chi connectivity index (χ2n) is 8.15. The average molecular weight is 537 g/mol. The van der Waals surface area contributed by atoms with Gasteiger partial charge in [0.15, 0.2) is 0 Å². The zero-order chi connectivity index (χ0) is 23.8. The molecule has 1 amide bonds. The molecule has 4 aromatic rings. The Kier molecular flexibility index (Phi) is 6.05. The lowest BCUT2D eigenvalue weighted by Crippen LogP contribution is -2.23. The summed E-state index contributed by atoms with van der Waals surface area (Å²) in [5.74, 6) is 0.312. The van der Waals surface area contributed by atoms with E-state index in [1.54, 1.807) is 52.3 Å². The minimum absolute atomic E-state index is 0.0876. The number of aromatic nitrogens is 2. The second kappa shape index (κ2) is 9.15. The number of phenols is 1. The molecule has 2 aromatic heterocycles. The van der Waals surface area contributed by atoms with Crippen molar-refractivity contribution in [3.63, 3.8) is 0 Å². The molecule has 1 aliphatic carbocycles. The van der Waals surface area contributed by atoms with Crippen LogP contribution in [0.25, 0.3) is 15.9 Å². The lowest BCUT2D eigenvalue weighted by atomic mass is 9.97. The summed E-state index contributed by atoms with van der Waals surface area (Å²) in [5, 5.41) is 14.3. The third kappa shape index (κ3) is 4.17. The van der Waals surface area contributed by atoms with Gasteiger partial charge in [-0.3, -0.25) is 14.2 Å². The van der Waals surface area contributed by atoms with Crippen molar-refractivity contribution < 1.29 is 9.90 Å². The number of amides is 1. The van der Waals surface area contributed by atoms with Gasteiger partial charge in [0.25, 0.3) is 11.5 Å². The summed E-state index contributed by atoms with van der Waals surface area (Å²) >= 11 is 4.87. The van der Waals surface area contributed by atoms with Crippen molar-refractivity contribution in [2.24, 2.45) is 5.10 Å². The Morgan fingerprint density at radius 2 is 2.06 bits per heavy atom. The number of rotatable bonds is 4. The third-order valence-corrected chi connectivity index (χ3v) is 7.70. The van der Waals surface area contributed by atoms with Crippen LogP contribution in [0.1, 0.15) is 45.0 Å². The molecule has 9 heteroatoms. The van der Waals surface area contributed by atoms with Crippen LogP contribution in [0.15, 0.2) is 56.8 Å². The van der Waals surface area contributed by atoms with E-state index in [9.17, 15) is 14.7 Å². The van der Waals surface area contributed by atoms with Crippen LogP contribution >= 0.6 is 27.3 Å². The molecule has 5 rings (SSSR count). The number of thiophene rings is 1. The van der Waals surface area contributed by atoms with Gasteiger partial charge in [0.05, 0.1) is 21.8 Å². The van der Waals surface area contributed by atoms with Gasteiger partial charge in [-0.15, -0.1) is 11.3 Å². The van der Waals surface area contributed by atoms with Gasteiger partial charge in [-0.05, 0) is 96.1 Å². The maximum atomic E-state index is 13.5. The number of phenolic OH excluding ortho intramolecular Hbond substituents is 1. The van der Waals surface area contributed by atoms with Crippen molar-refractivity contribution in [3.8, 4) is 11.4 Å². The fourth-order valence-corrected chi connectivity index (χ4v) is 5.92. The number of hydrogen-bond acceptors (Lipinski definition) is 6. The van der Waals surface area contributed by atoms with E-state index < -0.39 is 5.91 Å². The minimum Gasteiger partial charge on any atom is -0.507 e. The molecule has 0 spiro atoms. The Hall–Kier alpha value is -3.30. The van der Waals surface area contributed by atoms with Gasteiger partial charge in [-0.2, -0.15) is 5.10 Å². The van der Waals surface area contributed by atoms with Crippen molar-refractivity contribution in [1.29, 1.82) is 0 Å². The molecule has 1 aliphatic rings. The summed E-state index contributed by atoms with van der Waals surface area (Å²) in [6, 6.07) is 11.8. The molecular formula is C25H21BrN4O3S. The van der Waals surface area contributed by atoms with Crippen LogP contribution in [0.4, 0.5) is 0 Å². The summed E-state index contributed by atoms with van der Waals surface area (Å²) in [4.78, 5) is 33.0. The second-order valence-corrected chi connectivity index (χ2v) is 10.1. The number of hydrazone groups is 1. The Morgan fingerprint density at radius 1 is 1.24 bits per heavy atom. The topological polar surface area (TPSA) is 96.6 Å². The van der Waals surface area contributed by atoms with E-state index in [-0.39, 0.29) is 11.3 Å². The number of carbonyl (C=O) groups excluding carboxylic acids is 1. The summed E-state index contributed by atoms with van der Waals surface area (Å²) in [7, 11) is 0. The van der Waals surface area contributed by atoms with Crippen LogP contribution < -0.4 is 11.0 Å². The molecular weight excluding hydrogens is 516 g/mol. The summed E-state index contributed by atoms with van der Waals surface area (Å²) < 4.78 is 2.12. The average Bonchev–Trinajstić information content (AvgIpc) is 3.20. The zero-order valence-corrected chi connectivity index (χ0v) is 20.7. The first-order valence-corrected chi connectivity index (χ1v) is 12.5. The van der Waals surface area contributed by atoms with Crippen LogP contribution in [0.5, 0.6) is 5.75 Å². The fourth-order valence-electron chi connectivity index (χ4n) is 4.23. The predicted molar refractivity (Wildman–Crippen MR) is 137 cm³/mol. The number of nitrogens with zero attached hydrogens (tertiary/aromatic N) is 3. The van der Waals surface area contributed by atoms with Gasteiger partial charge in [0, 0.05) is 10.4 Å². The van der Waals surface area contributed by atoms with E-state index >= 15 is 0 Å². The normalized spacial score (nSPS) is 13.4. The Balaban J connectivity index is 1.44.